The topological polar surface area (TPSA) is 130 Å². The van der Waals surface area contributed by atoms with Gasteiger partial charge in [-0.2, -0.15) is 5.26 Å². The molecule has 0 saturated carbocycles. The number of primary amides is 1. The average molecular weight is 570 g/mol. The fourth-order valence-corrected chi connectivity index (χ4v) is 5.42. The Morgan fingerprint density at radius 1 is 1.14 bits per heavy atom. The zero-order valence-electron chi connectivity index (χ0n) is 23.3. The molecule has 3 N–H and O–H groups in total. The smallest absolute Gasteiger partial charge is 0.340 e. The molecule has 5 rings (SSSR count). The molecule has 1 unspecified atom stereocenters. The lowest BCUT2D eigenvalue weighted by atomic mass is 9.96. The molecule has 216 valence electrons. The van der Waals surface area contributed by atoms with Gasteiger partial charge in [0.05, 0.1) is 5.56 Å². The number of aryl methyl sites for hydroxylation is 1. The highest BCUT2D eigenvalue weighted by Gasteiger charge is 2.24. The highest BCUT2D eigenvalue weighted by atomic mass is 19.1. The maximum Gasteiger partial charge on any atom is 0.340 e. The molecule has 2 heterocycles. The van der Waals surface area contributed by atoms with Crippen molar-refractivity contribution >= 4 is 16.9 Å². The Morgan fingerprint density at radius 2 is 1.86 bits per heavy atom. The number of fused-ring (bicyclic) bond motifs is 1. The number of carbonyl (C=O) groups is 1. The lowest BCUT2D eigenvalue weighted by Gasteiger charge is -2.31. The van der Waals surface area contributed by atoms with Gasteiger partial charge in [-0.25, -0.2) is 9.18 Å². The summed E-state index contributed by atoms with van der Waals surface area (Å²) in [5, 5.41) is 20.2. The van der Waals surface area contributed by atoms with Crippen molar-refractivity contribution in [2.24, 2.45) is 11.7 Å². The van der Waals surface area contributed by atoms with Crippen LogP contribution in [-0.2, 0) is 11.2 Å². The minimum Gasteiger partial charge on any atom is -0.491 e. The van der Waals surface area contributed by atoms with E-state index in [0.29, 0.717) is 61.4 Å². The first-order chi connectivity index (χ1) is 20.2. The molecular formula is C33H32FN3O5. The Kier molecular flexibility index (Phi) is 8.67. The van der Waals surface area contributed by atoms with E-state index in [0.717, 1.165) is 22.1 Å². The van der Waals surface area contributed by atoms with Gasteiger partial charge in [0.15, 0.2) is 0 Å². The van der Waals surface area contributed by atoms with Gasteiger partial charge >= 0.3 is 5.63 Å². The molecule has 4 aromatic rings. The van der Waals surface area contributed by atoms with Crippen LogP contribution in [0.2, 0.25) is 0 Å². The van der Waals surface area contributed by atoms with Crippen LogP contribution in [0.5, 0.6) is 5.75 Å². The first kappa shape index (κ1) is 29.0. The number of piperidine rings is 1. The number of aliphatic hydroxyl groups excluding tert-OH is 1. The lowest BCUT2D eigenvalue weighted by Crippen LogP contribution is -2.43. The van der Waals surface area contributed by atoms with E-state index in [1.807, 2.05) is 43.3 Å². The largest absolute Gasteiger partial charge is 0.491 e. The fourth-order valence-electron chi connectivity index (χ4n) is 5.42. The van der Waals surface area contributed by atoms with Crippen molar-refractivity contribution in [3.63, 3.8) is 0 Å². The second-order valence-corrected chi connectivity index (χ2v) is 10.8. The molecule has 3 aromatic carbocycles. The van der Waals surface area contributed by atoms with Crippen LogP contribution in [0.1, 0.15) is 35.1 Å². The molecule has 1 aliphatic rings. The van der Waals surface area contributed by atoms with Crippen LogP contribution < -0.4 is 16.1 Å². The Labute approximate surface area is 242 Å². The van der Waals surface area contributed by atoms with Gasteiger partial charge in [-0.15, -0.1) is 0 Å². The van der Waals surface area contributed by atoms with Crippen LogP contribution in [0.15, 0.2) is 69.9 Å². The summed E-state index contributed by atoms with van der Waals surface area (Å²) in [6.45, 7) is 3.80. The van der Waals surface area contributed by atoms with Gasteiger partial charge in [-0.05, 0) is 79.4 Å². The van der Waals surface area contributed by atoms with E-state index >= 15 is 0 Å². The van der Waals surface area contributed by atoms with Crippen LogP contribution in [0.25, 0.3) is 22.1 Å². The third-order valence-corrected chi connectivity index (χ3v) is 7.92. The maximum atomic E-state index is 14.0. The Bertz CT molecular complexity index is 1700. The third kappa shape index (κ3) is 6.51. The number of hydrogen-bond acceptors (Lipinski definition) is 7. The number of ether oxygens (including phenoxy) is 1. The molecule has 8 nitrogen and oxygen atoms in total. The van der Waals surface area contributed by atoms with Crippen molar-refractivity contribution in [1.29, 1.82) is 5.26 Å². The molecule has 1 amide bonds. The average Bonchev–Trinajstić information content (AvgIpc) is 2.98. The van der Waals surface area contributed by atoms with E-state index in [1.54, 1.807) is 18.2 Å². The van der Waals surface area contributed by atoms with Crippen LogP contribution in [0.4, 0.5) is 4.39 Å². The SMILES string of the molecule is Cc1c(Cc2ccc(-c3ccc(C#N)c(F)c3)cc2)c(=O)oc2cc(OCC(O)CN3CCC(C(N)=O)CC3)ccc12. The number of nitrogens with zero attached hydrogens (tertiary/aromatic N) is 2. The maximum absolute atomic E-state index is 14.0. The first-order valence-electron chi connectivity index (χ1n) is 13.9. The van der Waals surface area contributed by atoms with Crippen molar-refractivity contribution < 1.29 is 23.4 Å². The van der Waals surface area contributed by atoms with Gasteiger partial charge in [0, 0.05) is 35.9 Å². The summed E-state index contributed by atoms with van der Waals surface area (Å²) in [4.78, 5) is 26.4. The third-order valence-electron chi connectivity index (χ3n) is 7.92. The van der Waals surface area contributed by atoms with Gasteiger partial charge in [0.1, 0.15) is 35.9 Å². The van der Waals surface area contributed by atoms with Crippen LogP contribution in [-0.4, -0.2) is 48.3 Å². The highest BCUT2D eigenvalue weighted by molar-refractivity contribution is 5.82. The summed E-state index contributed by atoms with van der Waals surface area (Å²) in [6, 6.07) is 19.1. The van der Waals surface area contributed by atoms with E-state index < -0.39 is 17.5 Å². The zero-order valence-corrected chi connectivity index (χ0v) is 23.3. The molecule has 1 saturated heterocycles. The quantitative estimate of drug-likeness (QED) is 0.287. The number of likely N-dealkylation sites (tertiary alicyclic amines) is 1. The summed E-state index contributed by atoms with van der Waals surface area (Å²) in [5.41, 5.74) is 9.07. The van der Waals surface area contributed by atoms with Crippen LogP contribution in [0, 0.1) is 30.0 Å². The molecule has 42 heavy (non-hydrogen) atoms. The van der Waals surface area contributed by atoms with Gasteiger partial charge in [-0.3, -0.25) is 4.79 Å². The predicted molar refractivity (Wildman–Crippen MR) is 156 cm³/mol. The first-order valence-corrected chi connectivity index (χ1v) is 13.9. The lowest BCUT2D eigenvalue weighted by molar-refractivity contribution is -0.123. The van der Waals surface area contributed by atoms with Gasteiger partial charge in [-0.1, -0.05) is 30.3 Å². The Morgan fingerprint density at radius 3 is 2.52 bits per heavy atom. The molecule has 0 bridgehead atoms. The molecule has 0 aliphatic carbocycles. The van der Waals surface area contributed by atoms with Gasteiger partial charge in [0.25, 0.3) is 0 Å². The minimum absolute atomic E-state index is 0.0000940. The number of aliphatic hydroxyl groups is 1. The molecule has 0 spiro atoms. The molecule has 1 aromatic heterocycles. The van der Waals surface area contributed by atoms with E-state index in [1.165, 1.54) is 12.1 Å². The van der Waals surface area contributed by atoms with E-state index in [4.69, 9.17) is 20.1 Å². The molecule has 1 fully saturated rings. The summed E-state index contributed by atoms with van der Waals surface area (Å²) in [6.07, 6.45) is 1.04. The van der Waals surface area contributed by atoms with Crippen molar-refractivity contribution in [3.05, 3.63) is 99.2 Å². The zero-order chi connectivity index (χ0) is 29.8. The Balaban J connectivity index is 1.23. The second kappa shape index (κ2) is 12.6. The van der Waals surface area contributed by atoms with Crippen LogP contribution >= 0.6 is 0 Å². The summed E-state index contributed by atoms with van der Waals surface area (Å²) in [7, 11) is 0. The fraction of sp³-hybridized carbons (Fsp3) is 0.303. The number of nitriles is 1. The predicted octanol–water partition coefficient (Wildman–Crippen LogP) is 4.31. The normalized spacial score (nSPS) is 14.9. The van der Waals surface area contributed by atoms with Crippen molar-refractivity contribution in [1.82, 2.24) is 4.90 Å². The summed E-state index contributed by atoms with van der Waals surface area (Å²) >= 11 is 0. The van der Waals surface area contributed by atoms with Crippen molar-refractivity contribution in [2.45, 2.75) is 32.3 Å². The monoisotopic (exact) mass is 569 g/mol. The summed E-state index contributed by atoms with van der Waals surface area (Å²) in [5.74, 6) is -0.443. The molecule has 9 heteroatoms. The van der Waals surface area contributed by atoms with Crippen molar-refractivity contribution in [2.75, 3.05) is 26.2 Å². The number of halogens is 1. The molecule has 1 aliphatic heterocycles. The molecule has 0 radical (unpaired) electrons. The van der Waals surface area contributed by atoms with Gasteiger partial charge in [0.2, 0.25) is 5.91 Å². The number of carbonyl (C=O) groups excluding carboxylic acids is 1. The van der Waals surface area contributed by atoms with Gasteiger partial charge < -0.3 is 24.9 Å². The van der Waals surface area contributed by atoms with E-state index in [2.05, 4.69) is 4.90 Å². The number of benzene rings is 3. The summed E-state index contributed by atoms with van der Waals surface area (Å²) < 4.78 is 25.5. The standard InChI is InChI=1S/C33H32FN3O5/c1-20-28-9-8-27(41-19-26(38)18-37-12-10-23(11-13-37)32(36)39)16-31(28)42-33(40)29(20)14-21-2-4-22(5-3-21)24-6-7-25(17-35)30(34)15-24/h2-9,15-16,23,26,38H,10-14,18-19H2,1H3,(H2,36,39). The van der Waals surface area contributed by atoms with E-state index in [-0.39, 0.29) is 24.0 Å². The molecular weight excluding hydrogens is 537 g/mol. The van der Waals surface area contributed by atoms with Crippen LogP contribution in [0.3, 0.4) is 0 Å². The minimum atomic E-state index is -0.718. The highest BCUT2D eigenvalue weighted by Crippen LogP contribution is 2.27. The number of hydrogen-bond donors (Lipinski definition) is 2. The number of amides is 1. The Hall–Kier alpha value is -4.52. The van der Waals surface area contributed by atoms with E-state index in [9.17, 15) is 19.1 Å². The second-order valence-electron chi connectivity index (χ2n) is 10.8. The molecule has 1 atom stereocenters. The number of rotatable bonds is 9. The number of nitrogens with two attached hydrogens (primary N) is 1. The number of β-amino-alcohol motifs (C(OH)–C–C–N with tert-alkyl or cyclic N) is 1. The van der Waals surface area contributed by atoms with Crippen molar-refractivity contribution in [3.8, 4) is 22.9 Å².